The molecule has 236 valence electrons. The number of para-hydroxylation sites is 2. The summed E-state index contributed by atoms with van der Waals surface area (Å²) in [7, 11) is 0. The molecular weight excluding hydrogens is 593 g/mol. The van der Waals surface area contributed by atoms with E-state index in [0.717, 1.165) is 11.0 Å². The molecule has 0 saturated carbocycles. The summed E-state index contributed by atoms with van der Waals surface area (Å²) in [6, 6.07) is 74.8. The number of imidazole rings is 1. The van der Waals surface area contributed by atoms with Crippen LogP contribution in [0.1, 0.15) is 0 Å². The van der Waals surface area contributed by atoms with Crippen molar-refractivity contribution in [2.75, 3.05) is 0 Å². The molecular formula is C47H38N2. The molecule has 0 spiro atoms. The number of hydrogen-bond donors (Lipinski definition) is 1. The summed E-state index contributed by atoms with van der Waals surface area (Å²) in [6.07, 6.45) is 1.70. The molecule has 0 atom stereocenters. The summed E-state index contributed by atoms with van der Waals surface area (Å²) < 4.78 is 0. The van der Waals surface area contributed by atoms with Gasteiger partial charge in [-0.25, -0.2) is 4.98 Å². The maximum Gasteiger partial charge on any atom is 0.0931 e. The lowest BCUT2D eigenvalue weighted by atomic mass is 10.1. The minimum absolute atomic E-state index is 1.03. The first-order chi connectivity index (χ1) is 24.3. The molecule has 2 heteroatoms. The highest BCUT2D eigenvalue weighted by Gasteiger charge is 1.89. The van der Waals surface area contributed by atoms with E-state index in [1.807, 2.05) is 24.3 Å². The number of aromatic nitrogens is 2. The molecule has 2 nitrogen and oxygen atoms in total. The van der Waals surface area contributed by atoms with Gasteiger partial charge in [0, 0.05) is 0 Å². The highest BCUT2D eigenvalue weighted by molar-refractivity contribution is 5.84. The van der Waals surface area contributed by atoms with Gasteiger partial charge >= 0.3 is 0 Å². The molecule has 0 fully saturated rings. The normalized spacial score (nSPS) is 10.0. The number of rotatable bonds is 0. The van der Waals surface area contributed by atoms with Gasteiger partial charge in [-0.1, -0.05) is 206 Å². The molecule has 1 N–H and O–H groups in total. The fraction of sp³-hybridized carbons (Fsp3) is 0. The molecule has 1 aromatic heterocycles. The zero-order chi connectivity index (χ0) is 33.4. The van der Waals surface area contributed by atoms with E-state index in [2.05, 4.69) is 204 Å². The Bertz CT molecular complexity index is 1900. The molecule has 0 aliphatic heterocycles. The van der Waals surface area contributed by atoms with Crippen LogP contribution in [0.4, 0.5) is 0 Å². The Morgan fingerprint density at radius 1 is 0.245 bits per heavy atom. The number of nitrogens with zero attached hydrogens (tertiary/aromatic N) is 1. The van der Waals surface area contributed by atoms with Gasteiger partial charge in [-0.2, -0.15) is 0 Å². The van der Waals surface area contributed by atoms with Crippen LogP contribution in [-0.4, -0.2) is 9.97 Å². The van der Waals surface area contributed by atoms with E-state index in [-0.39, 0.29) is 0 Å². The van der Waals surface area contributed by atoms with Crippen molar-refractivity contribution in [3.63, 3.8) is 0 Å². The lowest BCUT2D eigenvalue weighted by molar-refractivity contribution is 1.34. The standard InChI is InChI=1S/4C10H8.C7H6N2/c4*1-2-6-10-8-4-3-7-9(10)5-1;1-2-4-7-6(3-1)8-5-9-7/h4*1-8H;1-5H,(H,8,9). The van der Waals surface area contributed by atoms with Gasteiger partial charge in [0.25, 0.3) is 0 Å². The fourth-order valence-electron chi connectivity index (χ4n) is 5.41. The van der Waals surface area contributed by atoms with E-state index >= 15 is 0 Å². The summed E-state index contributed by atoms with van der Waals surface area (Å²) in [5.41, 5.74) is 2.12. The van der Waals surface area contributed by atoms with Crippen molar-refractivity contribution in [1.29, 1.82) is 0 Å². The zero-order valence-electron chi connectivity index (χ0n) is 27.3. The molecule has 9 aromatic carbocycles. The minimum atomic E-state index is 1.03. The van der Waals surface area contributed by atoms with Crippen molar-refractivity contribution >= 4 is 54.1 Å². The van der Waals surface area contributed by atoms with Crippen molar-refractivity contribution < 1.29 is 0 Å². The first kappa shape index (κ1) is 32.4. The lowest BCUT2D eigenvalue weighted by Crippen LogP contribution is -1.67. The second kappa shape index (κ2) is 17.4. The molecule has 10 rings (SSSR count). The van der Waals surface area contributed by atoms with Gasteiger partial charge in [-0.3, -0.25) is 0 Å². The number of H-pyrrole nitrogens is 1. The van der Waals surface area contributed by atoms with Crippen LogP contribution in [-0.2, 0) is 0 Å². The van der Waals surface area contributed by atoms with E-state index in [0.29, 0.717) is 0 Å². The Kier molecular flexibility index (Phi) is 11.5. The molecule has 49 heavy (non-hydrogen) atoms. The monoisotopic (exact) mass is 630 g/mol. The maximum absolute atomic E-state index is 4.06. The Hall–Kier alpha value is -6.51. The van der Waals surface area contributed by atoms with Crippen LogP contribution in [0.5, 0.6) is 0 Å². The summed E-state index contributed by atoms with van der Waals surface area (Å²) in [5.74, 6) is 0. The van der Waals surface area contributed by atoms with Crippen LogP contribution in [0, 0.1) is 0 Å². The summed E-state index contributed by atoms with van der Waals surface area (Å²) in [6.45, 7) is 0. The third-order valence-corrected chi connectivity index (χ3v) is 7.96. The molecule has 1 heterocycles. The molecule has 0 radical (unpaired) electrons. The van der Waals surface area contributed by atoms with E-state index in [4.69, 9.17) is 0 Å². The van der Waals surface area contributed by atoms with Gasteiger partial charge in [0.15, 0.2) is 0 Å². The van der Waals surface area contributed by atoms with Crippen LogP contribution < -0.4 is 0 Å². The van der Waals surface area contributed by atoms with Crippen molar-refractivity contribution in [3.05, 3.63) is 225 Å². The van der Waals surface area contributed by atoms with Gasteiger partial charge in [0.05, 0.1) is 17.4 Å². The molecule has 0 amide bonds. The molecule has 0 aliphatic carbocycles. The Balaban J connectivity index is 0.000000106. The highest BCUT2D eigenvalue weighted by atomic mass is 14.9. The number of fused-ring (bicyclic) bond motifs is 5. The molecule has 0 unspecified atom stereocenters. The number of hydrogen-bond acceptors (Lipinski definition) is 1. The quantitative estimate of drug-likeness (QED) is 0.177. The first-order valence-corrected chi connectivity index (χ1v) is 16.5. The van der Waals surface area contributed by atoms with E-state index in [1.165, 1.54) is 43.1 Å². The maximum atomic E-state index is 4.06. The number of benzene rings is 9. The minimum Gasteiger partial charge on any atom is -0.345 e. The average Bonchev–Trinajstić information content (AvgIpc) is 3.69. The smallest absolute Gasteiger partial charge is 0.0931 e. The predicted molar refractivity (Wildman–Crippen MR) is 212 cm³/mol. The highest BCUT2D eigenvalue weighted by Crippen LogP contribution is 2.14. The van der Waals surface area contributed by atoms with Crippen LogP contribution in [0.3, 0.4) is 0 Å². The van der Waals surface area contributed by atoms with Gasteiger partial charge < -0.3 is 4.98 Å². The second-order valence-electron chi connectivity index (χ2n) is 11.3. The summed E-state index contributed by atoms with van der Waals surface area (Å²) >= 11 is 0. The third kappa shape index (κ3) is 9.51. The van der Waals surface area contributed by atoms with Crippen LogP contribution in [0.15, 0.2) is 225 Å². The largest absolute Gasteiger partial charge is 0.345 e. The van der Waals surface area contributed by atoms with Gasteiger partial charge in [-0.05, 0) is 55.2 Å². The molecule has 0 aliphatic rings. The average molecular weight is 631 g/mol. The summed E-state index contributed by atoms with van der Waals surface area (Å²) in [5, 5.41) is 10.5. The van der Waals surface area contributed by atoms with Crippen molar-refractivity contribution in [2.24, 2.45) is 0 Å². The van der Waals surface area contributed by atoms with Gasteiger partial charge in [0.1, 0.15) is 0 Å². The first-order valence-electron chi connectivity index (χ1n) is 16.5. The molecule has 0 saturated heterocycles. The third-order valence-electron chi connectivity index (χ3n) is 7.96. The van der Waals surface area contributed by atoms with E-state index in [1.54, 1.807) is 6.33 Å². The summed E-state index contributed by atoms with van der Waals surface area (Å²) in [4.78, 5) is 7.07. The van der Waals surface area contributed by atoms with E-state index in [9.17, 15) is 0 Å². The lowest BCUT2D eigenvalue weighted by Gasteiger charge is -1.92. The Labute approximate surface area is 288 Å². The number of nitrogens with one attached hydrogen (secondary N) is 1. The topological polar surface area (TPSA) is 28.7 Å². The van der Waals surface area contributed by atoms with Crippen molar-refractivity contribution in [2.45, 2.75) is 0 Å². The van der Waals surface area contributed by atoms with Crippen molar-refractivity contribution in [1.82, 2.24) is 9.97 Å². The molecule has 10 aromatic rings. The van der Waals surface area contributed by atoms with Crippen LogP contribution >= 0.6 is 0 Å². The van der Waals surface area contributed by atoms with Crippen LogP contribution in [0.2, 0.25) is 0 Å². The van der Waals surface area contributed by atoms with Crippen LogP contribution in [0.25, 0.3) is 54.1 Å². The molecule has 0 bridgehead atoms. The number of aromatic amines is 1. The Morgan fingerprint density at radius 2 is 0.449 bits per heavy atom. The van der Waals surface area contributed by atoms with Gasteiger partial charge in [-0.15, -0.1) is 0 Å². The zero-order valence-corrected chi connectivity index (χ0v) is 27.3. The fourth-order valence-corrected chi connectivity index (χ4v) is 5.41. The second-order valence-corrected chi connectivity index (χ2v) is 11.3. The van der Waals surface area contributed by atoms with Gasteiger partial charge in [0.2, 0.25) is 0 Å². The van der Waals surface area contributed by atoms with E-state index < -0.39 is 0 Å². The SMILES string of the molecule is c1ccc2[nH]cnc2c1.c1ccc2ccccc2c1.c1ccc2ccccc2c1.c1ccc2ccccc2c1.c1ccc2ccccc2c1. The predicted octanol–water partition coefficient (Wildman–Crippen LogP) is 12.9. The Morgan fingerprint density at radius 3 is 0.673 bits per heavy atom. The van der Waals surface area contributed by atoms with Crippen molar-refractivity contribution in [3.8, 4) is 0 Å².